The van der Waals surface area contributed by atoms with Gasteiger partial charge in [0.05, 0.1) is 6.54 Å². The van der Waals surface area contributed by atoms with Crippen molar-refractivity contribution in [3.63, 3.8) is 0 Å². The molecule has 1 aliphatic heterocycles. The van der Waals surface area contributed by atoms with Gasteiger partial charge in [0.2, 0.25) is 0 Å². The monoisotopic (exact) mass is 366 g/mol. The summed E-state index contributed by atoms with van der Waals surface area (Å²) in [4.78, 5) is 27.7. The topological polar surface area (TPSA) is 53.9 Å². The van der Waals surface area contributed by atoms with Gasteiger partial charge in [-0.3, -0.25) is 9.59 Å². The lowest BCUT2D eigenvalue weighted by molar-refractivity contribution is -0.882. The number of anilines is 1. The van der Waals surface area contributed by atoms with Crippen molar-refractivity contribution in [2.45, 2.75) is 33.6 Å². The van der Waals surface area contributed by atoms with Crippen LogP contribution in [0.3, 0.4) is 0 Å². The van der Waals surface area contributed by atoms with Crippen molar-refractivity contribution in [3.8, 4) is 0 Å². The molecule has 0 radical (unpaired) electrons. The maximum Gasteiger partial charge on any atom is 0.279 e. The summed E-state index contributed by atoms with van der Waals surface area (Å²) < 4.78 is 0. The summed E-state index contributed by atoms with van der Waals surface area (Å²) >= 11 is 5.99. The van der Waals surface area contributed by atoms with Crippen molar-refractivity contribution in [1.29, 1.82) is 0 Å². The molecule has 1 fully saturated rings. The van der Waals surface area contributed by atoms with Crippen LogP contribution in [0.4, 0.5) is 5.69 Å². The van der Waals surface area contributed by atoms with Gasteiger partial charge < -0.3 is 15.1 Å². The number of likely N-dealkylation sites (tertiary alicyclic amines) is 1. The Morgan fingerprint density at radius 3 is 2.60 bits per heavy atom. The van der Waals surface area contributed by atoms with Crippen molar-refractivity contribution < 1.29 is 14.5 Å². The number of amides is 2. The Morgan fingerprint density at radius 2 is 1.96 bits per heavy atom. The number of nitrogens with zero attached hydrogens (tertiary/aromatic N) is 1. The SMILES string of the molecule is CC[NH+](CC(=O)Nc1cc(Cl)ccc1C)CC(=O)N1CCC(C)CC1. The predicted octanol–water partition coefficient (Wildman–Crippen LogP) is 1.75. The van der Waals surface area contributed by atoms with Crippen molar-refractivity contribution in [1.82, 2.24) is 4.90 Å². The number of halogens is 1. The van der Waals surface area contributed by atoms with Gasteiger partial charge >= 0.3 is 0 Å². The van der Waals surface area contributed by atoms with Gasteiger partial charge in [-0.2, -0.15) is 0 Å². The van der Waals surface area contributed by atoms with E-state index in [-0.39, 0.29) is 18.4 Å². The highest BCUT2D eigenvalue weighted by atomic mass is 35.5. The van der Waals surface area contributed by atoms with E-state index in [1.807, 2.05) is 24.8 Å². The highest BCUT2D eigenvalue weighted by molar-refractivity contribution is 6.31. The summed E-state index contributed by atoms with van der Waals surface area (Å²) in [5.41, 5.74) is 1.69. The molecule has 1 saturated heterocycles. The second-order valence-corrected chi connectivity index (χ2v) is 7.46. The molecular weight excluding hydrogens is 338 g/mol. The first-order chi connectivity index (χ1) is 11.9. The van der Waals surface area contributed by atoms with E-state index in [2.05, 4.69) is 12.2 Å². The quantitative estimate of drug-likeness (QED) is 0.806. The van der Waals surface area contributed by atoms with Crippen LogP contribution in [-0.4, -0.2) is 49.4 Å². The van der Waals surface area contributed by atoms with E-state index in [1.165, 1.54) is 0 Å². The zero-order chi connectivity index (χ0) is 18.4. The normalized spacial score (nSPS) is 16.6. The minimum Gasteiger partial charge on any atom is -0.338 e. The molecule has 1 atom stereocenters. The Kier molecular flexibility index (Phi) is 7.26. The molecule has 0 bridgehead atoms. The highest BCUT2D eigenvalue weighted by Crippen LogP contribution is 2.19. The number of hydrogen-bond acceptors (Lipinski definition) is 2. The fourth-order valence-corrected chi connectivity index (χ4v) is 3.22. The van der Waals surface area contributed by atoms with Crippen molar-refractivity contribution >= 4 is 29.1 Å². The van der Waals surface area contributed by atoms with Crippen LogP contribution >= 0.6 is 11.6 Å². The van der Waals surface area contributed by atoms with Crippen LogP contribution in [0.15, 0.2) is 18.2 Å². The molecule has 2 amide bonds. The molecule has 6 heteroatoms. The Labute approximate surface area is 155 Å². The maximum absolute atomic E-state index is 12.5. The standard InChI is InChI=1S/C19H28ClN3O2/c1-4-22(13-19(25)23-9-7-14(2)8-10-23)12-18(24)21-17-11-16(20)6-5-15(17)3/h5-6,11,14H,4,7-10,12-13H2,1-3H3,(H,21,24)/p+1. The third-order valence-corrected chi connectivity index (χ3v) is 5.16. The van der Waals surface area contributed by atoms with E-state index in [1.54, 1.807) is 12.1 Å². The van der Waals surface area contributed by atoms with Gasteiger partial charge in [0, 0.05) is 23.8 Å². The summed E-state index contributed by atoms with van der Waals surface area (Å²) in [5, 5.41) is 3.50. The second kappa shape index (κ2) is 9.20. The van der Waals surface area contributed by atoms with Crippen LogP contribution in [0.5, 0.6) is 0 Å². The lowest BCUT2D eigenvalue weighted by Crippen LogP contribution is -3.14. The number of carbonyl (C=O) groups excluding carboxylic acids is 2. The van der Waals surface area contributed by atoms with E-state index in [0.29, 0.717) is 17.5 Å². The van der Waals surface area contributed by atoms with Crippen molar-refractivity contribution in [2.75, 3.05) is 38.0 Å². The van der Waals surface area contributed by atoms with Crippen molar-refractivity contribution in [3.05, 3.63) is 28.8 Å². The van der Waals surface area contributed by atoms with Gasteiger partial charge in [0.15, 0.2) is 13.1 Å². The zero-order valence-corrected chi connectivity index (χ0v) is 16.2. The van der Waals surface area contributed by atoms with Gasteiger partial charge in [-0.1, -0.05) is 24.6 Å². The van der Waals surface area contributed by atoms with Gasteiger partial charge in [-0.15, -0.1) is 0 Å². The Balaban J connectivity index is 1.87. The third kappa shape index (κ3) is 6.01. The van der Waals surface area contributed by atoms with Gasteiger partial charge in [-0.05, 0) is 50.3 Å². The lowest BCUT2D eigenvalue weighted by atomic mass is 9.99. The average Bonchev–Trinajstić information content (AvgIpc) is 2.58. The number of quaternary nitrogens is 1. The molecule has 138 valence electrons. The largest absolute Gasteiger partial charge is 0.338 e. The minimum absolute atomic E-state index is 0.0951. The van der Waals surface area contributed by atoms with E-state index < -0.39 is 0 Å². The first-order valence-electron chi connectivity index (χ1n) is 9.06. The second-order valence-electron chi connectivity index (χ2n) is 7.03. The number of aryl methyl sites for hydroxylation is 1. The molecule has 0 aliphatic carbocycles. The number of rotatable bonds is 6. The molecule has 0 spiro atoms. The molecule has 25 heavy (non-hydrogen) atoms. The Bertz CT molecular complexity index is 613. The molecule has 1 aromatic carbocycles. The van der Waals surface area contributed by atoms with Gasteiger partial charge in [-0.25, -0.2) is 0 Å². The molecule has 2 N–H and O–H groups in total. The van der Waals surface area contributed by atoms with Gasteiger partial charge in [0.1, 0.15) is 0 Å². The predicted molar refractivity (Wildman–Crippen MR) is 101 cm³/mol. The van der Waals surface area contributed by atoms with E-state index in [9.17, 15) is 9.59 Å². The lowest BCUT2D eigenvalue weighted by Gasteiger charge is -2.31. The molecule has 2 rings (SSSR count). The fraction of sp³-hybridized carbons (Fsp3) is 0.579. The molecule has 5 nitrogen and oxygen atoms in total. The minimum atomic E-state index is -0.0951. The molecule has 0 aromatic heterocycles. The number of likely N-dealkylation sites (N-methyl/N-ethyl adjacent to an activating group) is 1. The fourth-order valence-electron chi connectivity index (χ4n) is 3.05. The Hall–Kier alpha value is -1.59. The van der Waals surface area contributed by atoms with Crippen LogP contribution in [0.2, 0.25) is 5.02 Å². The summed E-state index contributed by atoms with van der Waals surface area (Å²) in [5.74, 6) is 0.753. The van der Waals surface area contributed by atoms with Crippen molar-refractivity contribution in [2.24, 2.45) is 5.92 Å². The summed E-state index contributed by atoms with van der Waals surface area (Å²) in [6, 6.07) is 5.43. The first-order valence-corrected chi connectivity index (χ1v) is 9.44. The summed E-state index contributed by atoms with van der Waals surface area (Å²) in [6.45, 7) is 9.21. The van der Waals surface area contributed by atoms with Gasteiger partial charge in [0.25, 0.3) is 11.8 Å². The number of nitrogens with one attached hydrogen (secondary N) is 2. The number of piperidine rings is 1. The van der Waals surface area contributed by atoms with Crippen LogP contribution in [-0.2, 0) is 9.59 Å². The maximum atomic E-state index is 12.5. The van der Waals surface area contributed by atoms with Crippen LogP contribution in [0, 0.1) is 12.8 Å². The molecule has 0 saturated carbocycles. The van der Waals surface area contributed by atoms with E-state index in [4.69, 9.17) is 11.6 Å². The molecule has 1 aliphatic rings. The van der Waals surface area contributed by atoms with Crippen LogP contribution in [0.1, 0.15) is 32.3 Å². The molecular formula is C19H29ClN3O2+. The van der Waals surface area contributed by atoms with E-state index >= 15 is 0 Å². The molecule has 1 unspecified atom stereocenters. The zero-order valence-electron chi connectivity index (χ0n) is 15.4. The first kappa shape index (κ1) is 19.7. The number of carbonyl (C=O) groups is 2. The highest BCUT2D eigenvalue weighted by Gasteiger charge is 2.24. The smallest absolute Gasteiger partial charge is 0.279 e. The number of benzene rings is 1. The molecule has 1 aromatic rings. The summed E-state index contributed by atoms with van der Waals surface area (Å²) in [7, 11) is 0. The van der Waals surface area contributed by atoms with Crippen LogP contribution < -0.4 is 10.2 Å². The van der Waals surface area contributed by atoms with Crippen LogP contribution in [0.25, 0.3) is 0 Å². The molecule has 1 heterocycles. The van der Waals surface area contributed by atoms with E-state index in [0.717, 1.165) is 48.6 Å². The third-order valence-electron chi connectivity index (χ3n) is 4.92. The average molecular weight is 367 g/mol. The summed E-state index contributed by atoms with van der Waals surface area (Å²) in [6.07, 6.45) is 2.14. The number of hydrogen-bond donors (Lipinski definition) is 2. The Morgan fingerprint density at radius 1 is 1.28 bits per heavy atom.